The summed E-state index contributed by atoms with van der Waals surface area (Å²) in [5.41, 5.74) is 1.95. The Morgan fingerprint density at radius 2 is 2.00 bits per heavy atom. The van der Waals surface area contributed by atoms with Gasteiger partial charge in [-0.2, -0.15) is 0 Å². The molecule has 0 amide bonds. The summed E-state index contributed by atoms with van der Waals surface area (Å²) in [4.78, 5) is 4.44. The third-order valence-electron chi connectivity index (χ3n) is 1.94. The van der Waals surface area contributed by atoms with Crippen LogP contribution in [0.3, 0.4) is 0 Å². The van der Waals surface area contributed by atoms with E-state index < -0.39 is 0 Å². The Bertz CT molecular complexity index is 468. The molecule has 2 rings (SSSR count). The predicted octanol–water partition coefficient (Wildman–Crippen LogP) is 3.80. The summed E-state index contributed by atoms with van der Waals surface area (Å²) in [7, 11) is 0. The molecule has 0 saturated heterocycles. The molecule has 1 aromatic heterocycles. The van der Waals surface area contributed by atoms with Crippen molar-refractivity contribution in [3.63, 3.8) is 0 Å². The van der Waals surface area contributed by atoms with Gasteiger partial charge in [0.1, 0.15) is 0 Å². The van der Waals surface area contributed by atoms with Crippen molar-refractivity contribution in [2.45, 2.75) is 6.92 Å². The molecule has 0 atom stereocenters. The third-order valence-corrected chi connectivity index (χ3v) is 3.97. The Morgan fingerprint density at radius 3 is 2.77 bits per heavy atom. The van der Waals surface area contributed by atoms with Gasteiger partial charge < -0.3 is 0 Å². The fourth-order valence-corrected chi connectivity index (χ4v) is 1.97. The van der Waals surface area contributed by atoms with Gasteiger partial charge in [-0.1, -0.05) is 29.8 Å². The second-order valence-corrected chi connectivity index (χ2v) is 4.30. The van der Waals surface area contributed by atoms with Crippen molar-refractivity contribution in [3.05, 3.63) is 38.6 Å². The minimum Gasteiger partial charge on any atom is -0.252 e. The zero-order valence-corrected chi connectivity index (χ0v) is 9.93. The normalized spacial score (nSPS) is 10.7. The average molecular weight is 304 g/mol. The van der Waals surface area contributed by atoms with Gasteiger partial charge in [-0.15, -0.1) is 0 Å². The van der Waals surface area contributed by atoms with Crippen LogP contribution in [0.4, 0.5) is 0 Å². The summed E-state index contributed by atoms with van der Waals surface area (Å²) < 4.78 is 1.04. The van der Waals surface area contributed by atoms with Crippen molar-refractivity contribution in [2.75, 3.05) is 0 Å². The van der Waals surface area contributed by atoms with E-state index in [4.69, 9.17) is 11.6 Å². The number of aromatic nitrogens is 1. The van der Waals surface area contributed by atoms with E-state index in [1.54, 1.807) is 0 Å². The van der Waals surface area contributed by atoms with Crippen LogP contribution in [0.2, 0.25) is 5.02 Å². The highest BCUT2D eigenvalue weighted by molar-refractivity contribution is 14.1. The Hall–Kier alpha value is -0.350. The number of fused-ring (bicyclic) bond motifs is 1. The quantitative estimate of drug-likeness (QED) is 0.675. The van der Waals surface area contributed by atoms with Gasteiger partial charge in [0.15, 0.2) is 0 Å². The molecule has 0 aliphatic carbocycles. The van der Waals surface area contributed by atoms with E-state index in [0.29, 0.717) is 0 Å². The number of para-hydroxylation sites is 1. The zero-order valence-electron chi connectivity index (χ0n) is 7.01. The van der Waals surface area contributed by atoms with Gasteiger partial charge in [0.25, 0.3) is 0 Å². The van der Waals surface area contributed by atoms with Crippen molar-refractivity contribution in [2.24, 2.45) is 0 Å². The number of nitrogens with zero attached hydrogens (tertiary/aromatic N) is 1. The van der Waals surface area contributed by atoms with Gasteiger partial charge >= 0.3 is 0 Å². The van der Waals surface area contributed by atoms with E-state index in [1.807, 2.05) is 31.2 Å². The van der Waals surface area contributed by atoms with Crippen molar-refractivity contribution < 1.29 is 0 Å². The number of aryl methyl sites for hydroxylation is 1. The second kappa shape index (κ2) is 3.42. The smallest absolute Gasteiger partial charge is 0.0720 e. The van der Waals surface area contributed by atoms with Gasteiger partial charge in [-0.3, -0.25) is 4.98 Å². The van der Waals surface area contributed by atoms with Crippen molar-refractivity contribution in [1.29, 1.82) is 0 Å². The van der Waals surface area contributed by atoms with Crippen LogP contribution in [0.5, 0.6) is 0 Å². The lowest BCUT2D eigenvalue weighted by Crippen LogP contribution is -1.89. The van der Waals surface area contributed by atoms with Crippen LogP contribution in [0.25, 0.3) is 10.9 Å². The number of pyridine rings is 1. The van der Waals surface area contributed by atoms with Crippen LogP contribution in [-0.2, 0) is 0 Å². The Balaban J connectivity index is 2.94. The fourth-order valence-electron chi connectivity index (χ4n) is 1.26. The van der Waals surface area contributed by atoms with Crippen LogP contribution in [0.1, 0.15) is 5.69 Å². The Morgan fingerprint density at radius 1 is 1.31 bits per heavy atom. The molecule has 1 aromatic carbocycles. The highest BCUT2D eigenvalue weighted by Gasteiger charge is 2.06. The fraction of sp³-hybridized carbons (Fsp3) is 0.100. The first-order chi connectivity index (χ1) is 6.20. The molecule has 0 spiro atoms. The topological polar surface area (TPSA) is 12.9 Å². The molecular weight excluding hydrogens is 296 g/mol. The monoisotopic (exact) mass is 303 g/mol. The molecule has 2 aromatic rings. The Labute approximate surface area is 95.3 Å². The molecule has 1 heterocycles. The molecule has 0 fully saturated rings. The van der Waals surface area contributed by atoms with Crippen LogP contribution in [0.15, 0.2) is 24.3 Å². The Kier molecular flexibility index (Phi) is 2.43. The summed E-state index contributed by atoms with van der Waals surface area (Å²) >= 11 is 8.41. The maximum Gasteiger partial charge on any atom is 0.0720 e. The first-order valence-corrected chi connectivity index (χ1v) is 5.36. The molecule has 13 heavy (non-hydrogen) atoms. The lowest BCUT2D eigenvalue weighted by molar-refractivity contribution is 1.23. The van der Waals surface area contributed by atoms with Crippen molar-refractivity contribution in [3.8, 4) is 0 Å². The summed E-state index contributed by atoms with van der Waals surface area (Å²) in [6.07, 6.45) is 0. The number of hydrogen-bond acceptors (Lipinski definition) is 1. The summed E-state index contributed by atoms with van der Waals surface area (Å²) in [6.45, 7) is 1.97. The molecule has 0 aliphatic rings. The first kappa shape index (κ1) is 9.21. The number of rotatable bonds is 0. The zero-order chi connectivity index (χ0) is 9.42. The van der Waals surface area contributed by atoms with Crippen LogP contribution in [-0.4, -0.2) is 4.98 Å². The van der Waals surface area contributed by atoms with E-state index in [1.165, 1.54) is 0 Å². The standard InChI is InChI=1S/C10H7ClIN/c1-6-10(12)9(11)7-4-2-3-5-8(7)13-6/h2-5H,1H3. The minimum atomic E-state index is 0.809. The van der Waals surface area contributed by atoms with Crippen LogP contribution in [0, 0.1) is 10.5 Å². The van der Waals surface area contributed by atoms with Gasteiger partial charge in [-0.25, -0.2) is 0 Å². The molecule has 0 bridgehead atoms. The predicted molar refractivity (Wildman–Crippen MR) is 64.2 cm³/mol. The van der Waals surface area contributed by atoms with Gasteiger partial charge in [-0.05, 0) is 35.6 Å². The third kappa shape index (κ3) is 1.53. The van der Waals surface area contributed by atoms with E-state index in [2.05, 4.69) is 27.6 Å². The van der Waals surface area contributed by atoms with Crippen molar-refractivity contribution >= 4 is 45.1 Å². The van der Waals surface area contributed by atoms with Crippen molar-refractivity contribution in [1.82, 2.24) is 4.98 Å². The molecule has 0 saturated carbocycles. The lowest BCUT2D eigenvalue weighted by atomic mass is 10.2. The molecule has 0 aliphatic heterocycles. The number of halogens is 2. The second-order valence-electron chi connectivity index (χ2n) is 2.84. The molecule has 66 valence electrons. The van der Waals surface area contributed by atoms with Gasteiger partial charge in [0, 0.05) is 5.39 Å². The SMILES string of the molecule is Cc1nc2ccccc2c(Cl)c1I. The van der Waals surface area contributed by atoms with E-state index in [9.17, 15) is 0 Å². The molecule has 0 radical (unpaired) electrons. The summed E-state index contributed by atoms with van der Waals surface area (Å²) in [5, 5.41) is 1.84. The minimum absolute atomic E-state index is 0.809. The molecule has 1 nitrogen and oxygen atoms in total. The molecule has 3 heteroatoms. The van der Waals surface area contributed by atoms with Crippen LogP contribution >= 0.6 is 34.2 Å². The summed E-state index contributed by atoms with van der Waals surface area (Å²) in [5.74, 6) is 0. The van der Waals surface area contributed by atoms with E-state index in [0.717, 1.165) is 25.2 Å². The number of hydrogen-bond donors (Lipinski definition) is 0. The number of benzene rings is 1. The molecule has 0 N–H and O–H groups in total. The highest BCUT2D eigenvalue weighted by atomic mass is 127. The molecule has 0 unspecified atom stereocenters. The first-order valence-electron chi connectivity index (χ1n) is 3.90. The summed E-state index contributed by atoms with van der Waals surface area (Å²) in [6, 6.07) is 7.91. The largest absolute Gasteiger partial charge is 0.252 e. The lowest BCUT2D eigenvalue weighted by Gasteiger charge is -2.04. The molecular formula is C10H7ClIN. The van der Waals surface area contributed by atoms with Gasteiger partial charge in [0.05, 0.1) is 19.8 Å². The highest BCUT2D eigenvalue weighted by Crippen LogP contribution is 2.28. The maximum absolute atomic E-state index is 6.18. The maximum atomic E-state index is 6.18. The average Bonchev–Trinajstić information content (AvgIpc) is 2.15. The van der Waals surface area contributed by atoms with E-state index in [-0.39, 0.29) is 0 Å². The van der Waals surface area contributed by atoms with E-state index >= 15 is 0 Å². The van der Waals surface area contributed by atoms with Crippen LogP contribution < -0.4 is 0 Å². The van der Waals surface area contributed by atoms with Gasteiger partial charge in [0.2, 0.25) is 0 Å².